The average molecular weight is 870 g/mol. The van der Waals surface area contributed by atoms with Crippen LogP contribution in [0.5, 0.6) is 5.75 Å². The van der Waals surface area contributed by atoms with Gasteiger partial charge in [0.15, 0.2) is 11.6 Å². The number of pyridine rings is 2. The van der Waals surface area contributed by atoms with Crippen molar-refractivity contribution in [2.75, 3.05) is 55.6 Å². The first-order valence-corrected chi connectivity index (χ1v) is 22.1. The van der Waals surface area contributed by atoms with Gasteiger partial charge in [-0.25, -0.2) is 9.37 Å². The number of nitrogens with zero attached hydrogens (tertiary/aromatic N) is 8. The van der Waals surface area contributed by atoms with E-state index >= 15 is 0 Å². The summed E-state index contributed by atoms with van der Waals surface area (Å²) in [6, 6.07) is 14.0. The average Bonchev–Trinajstić information content (AvgIpc) is 3.53. The van der Waals surface area contributed by atoms with E-state index < -0.39 is 58.5 Å². The number of likely N-dealkylation sites (tertiary alicyclic amines) is 1. The number of carbonyl (C=O) groups is 5. The monoisotopic (exact) mass is 869 g/mol. The third kappa shape index (κ3) is 7.19. The number of piperazine rings is 1. The van der Waals surface area contributed by atoms with Crippen molar-refractivity contribution in [1.82, 2.24) is 24.7 Å². The largest absolute Gasteiger partial charge is 0.488 e. The molecule has 15 nitrogen and oxygen atoms in total. The van der Waals surface area contributed by atoms with E-state index in [-0.39, 0.29) is 41.3 Å². The Balaban J connectivity index is 0.813. The molecule has 9 rings (SSSR count). The highest BCUT2D eigenvalue weighted by atomic mass is 19.1. The smallest absolute Gasteiger partial charge is 0.262 e. The summed E-state index contributed by atoms with van der Waals surface area (Å²) in [4.78, 5) is 85.3. The molecule has 332 valence electrons. The highest BCUT2D eigenvalue weighted by Gasteiger charge is 2.68. The molecule has 1 aliphatic carbocycles. The van der Waals surface area contributed by atoms with Crippen molar-refractivity contribution in [2.45, 2.75) is 78.0 Å². The third-order valence-corrected chi connectivity index (χ3v) is 14.4. The molecule has 1 saturated carbocycles. The Hall–Kier alpha value is -6.47. The standard InChI is InChI=1S/C48H52FN9O6/c1-47(2)45(48(3,4)46(47)64-37-11-7-29(26-50)39-33(37)6-5-16-52-39)58-38(59)12-10-36(44(58)63)57-42(61)32-9-8-31(25-34(32)43(57)62)55-22-20-54(21-23-55)17-13-28-14-18-56(19-15-28)41-35(49)24-30(27-53-41)40(51)60/h5-9,11,16,24-25,27-28,36,45-46H,10,12-15,17-23H2,1-4H3,(H2,51,60). The summed E-state index contributed by atoms with van der Waals surface area (Å²) >= 11 is 0. The molecular formula is C48H52FN9O6. The Kier molecular flexibility index (Phi) is 10.9. The van der Waals surface area contributed by atoms with E-state index in [1.165, 1.54) is 11.1 Å². The van der Waals surface area contributed by atoms with Gasteiger partial charge in [0.2, 0.25) is 11.8 Å². The number of hydrogen-bond acceptors (Lipinski definition) is 12. The van der Waals surface area contributed by atoms with E-state index in [0.717, 1.165) is 68.6 Å². The summed E-state index contributed by atoms with van der Waals surface area (Å²) in [5, 5.41) is 10.3. The van der Waals surface area contributed by atoms with Gasteiger partial charge in [0.1, 0.15) is 24.0 Å². The Bertz CT molecular complexity index is 2610. The number of piperidine rings is 2. The number of ether oxygens (including phenoxy) is 1. The number of aromatic nitrogens is 2. The number of imide groups is 2. The van der Waals surface area contributed by atoms with Crippen LogP contribution in [-0.4, -0.2) is 118 Å². The molecule has 4 fully saturated rings. The second kappa shape index (κ2) is 16.3. The number of nitriles is 1. The van der Waals surface area contributed by atoms with Crippen molar-refractivity contribution < 1.29 is 33.1 Å². The number of benzene rings is 2. The van der Waals surface area contributed by atoms with Crippen molar-refractivity contribution in [3.8, 4) is 11.8 Å². The maximum absolute atomic E-state index is 14.7. The van der Waals surface area contributed by atoms with Crippen LogP contribution in [-0.2, 0) is 9.59 Å². The quantitative estimate of drug-likeness (QED) is 0.207. The van der Waals surface area contributed by atoms with Gasteiger partial charge >= 0.3 is 0 Å². The molecule has 16 heteroatoms. The number of primary amides is 1. The number of hydrogen-bond donors (Lipinski definition) is 1. The summed E-state index contributed by atoms with van der Waals surface area (Å²) in [6.07, 6.45) is 5.41. The SMILES string of the molecule is CC1(C)C(Oc2ccc(C#N)c3ncccc23)C(C)(C)C1N1C(=O)CCC(N2C(=O)c3ccc(N4CCN(CCC5CCN(c6ncc(C(N)=O)cc6F)CC5)CC4)cc3C2=O)C1=O. The second-order valence-corrected chi connectivity index (χ2v) is 19.0. The molecule has 5 aliphatic rings. The number of nitrogens with two attached hydrogens (primary N) is 1. The van der Waals surface area contributed by atoms with Gasteiger partial charge < -0.3 is 20.3 Å². The fourth-order valence-corrected chi connectivity index (χ4v) is 11.4. The fraction of sp³-hybridized carbons (Fsp3) is 0.458. The molecule has 64 heavy (non-hydrogen) atoms. The summed E-state index contributed by atoms with van der Waals surface area (Å²) in [5.74, 6) is -1.92. The first-order valence-electron chi connectivity index (χ1n) is 22.1. The van der Waals surface area contributed by atoms with Crippen LogP contribution in [0.2, 0.25) is 0 Å². The lowest BCUT2D eigenvalue weighted by Gasteiger charge is -2.66. The maximum Gasteiger partial charge on any atom is 0.262 e. The van der Waals surface area contributed by atoms with Gasteiger partial charge in [-0.05, 0) is 86.7 Å². The van der Waals surface area contributed by atoms with Crippen molar-refractivity contribution >= 4 is 51.9 Å². The van der Waals surface area contributed by atoms with Gasteiger partial charge in [0.25, 0.3) is 17.7 Å². The van der Waals surface area contributed by atoms with Crippen LogP contribution in [0.4, 0.5) is 15.9 Å². The van der Waals surface area contributed by atoms with Gasteiger partial charge in [0.05, 0.1) is 33.8 Å². The van der Waals surface area contributed by atoms with Gasteiger partial charge in [-0.2, -0.15) is 5.26 Å². The summed E-state index contributed by atoms with van der Waals surface area (Å²) in [6.45, 7) is 13.3. The lowest BCUT2D eigenvalue weighted by molar-refractivity contribution is -0.215. The van der Waals surface area contributed by atoms with Gasteiger partial charge in [-0.1, -0.05) is 27.7 Å². The summed E-state index contributed by atoms with van der Waals surface area (Å²) in [7, 11) is 0. The van der Waals surface area contributed by atoms with Crippen molar-refractivity contribution in [2.24, 2.45) is 22.5 Å². The minimum Gasteiger partial charge on any atom is -0.488 e. The number of anilines is 2. The van der Waals surface area contributed by atoms with Crippen LogP contribution < -0.4 is 20.3 Å². The van der Waals surface area contributed by atoms with E-state index in [4.69, 9.17) is 10.5 Å². The lowest BCUT2D eigenvalue weighted by atomic mass is 9.48. The molecule has 2 aromatic heterocycles. The van der Waals surface area contributed by atoms with Crippen LogP contribution in [0, 0.1) is 33.9 Å². The molecule has 2 aromatic carbocycles. The Morgan fingerprint density at radius 1 is 0.875 bits per heavy atom. The second-order valence-electron chi connectivity index (χ2n) is 19.0. The van der Waals surface area contributed by atoms with Gasteiger partial charge in [-0.15, -0.1) is 0 Å². The van der Waals surface area contributed by atoms with Crippen LogP contribution in [0.1, 0.15) is 96.4 Å². The first kappa shape index (κ1) is 42.8. The minimum atomic E-state index is -1.13. The molecule has 3 saturated heterocycles. The Labute approximate surface area is 370 Å². The van der Waals surface area contributed by atoms with Crippen LogP contribution >= 0.6 is 0 Å². The van der Waals surface area contributed by atoms with Gasteiger partial charge in [0, 0.05) is 80.0 Å². The molecule has 6 heterocycles. The number of halogens is 1. The van der Waals surface area contributed by atoms with E-state index in [0.29, 0.717) is 41.2 Å². The molecule has 5 amide bonds. The summed E-state index contributed by atoms with van der Waals surface area (Å²) in [5.41, 5.74) is 6.17. The molecule has 1 unspecified atom stereocenters. The maximum atomic E-state index is 14.7. The highest BCUT2D eigenvalue weighted by Crippen LogP contribution is 2.59. The normalized spacial score (nSPS) is 23.6. The van der Waals surface area contributed by atoms with E-state index in [2.05, 4.69) is 25.8 Å². The molecule has 0 radical (unpaired) electrons. The predicted molar refractivity (Wildman–Crippen MR) is 235 cm³/mol. The third-order valence-electron chi connectivity index (χ3n) is 14.4. The Morgan fingerprint density at radius 3 is 2.28 bits per heavy atom. The predicted octanol–water partition coefficient (Wildman–Crippen LogP) is 5.16. The number of carbonyl (C=O) groups excluding carboxylic acids is 5. The van der Waals surface area contributed by atoms with E-state index in [9.17, 15) is 33.6 Å². The van der Waals surface area contributed by atoms with E-state index in [1.54, 1.807) is 36.5 Å². The van der Waals surface area contributed by atoms with Crippen molar-refractivity contribution in [1.29, 1.82) is 5.26 Å². The molecule has 0 bridgehead atoms. The van der Waals surface area contributed by atoms with Crippen molar-refractivity contribution in [3.63, 3.8) is 0 Å². The molecule has 2 N–H and O–H groups in total. The molecule has 1 atom stereocenters. The molecule has 4 aromatic rings. The lowest BCUT2D eigenvalue weighted by Crippen LogP contribution is -2.77. The zero-order valence-electron chi connectivity index (χ0n) is 36.6. The van der Waals surface area contributed by atoms with Crippen molar-refractivity contribution in [3.05, 3.63) is 89.0 Å². The van der Waals surface area contributed by atoms with Gasteiger partial charge in [-0.3, -0.25) is 43.7 Å². The molecular weight excluding hydrogens is 818 g/mol. The number of rotatable bonds is 10. The molecule has 0 spiro atoms. The Morgan fingerprint density at radius 2 is 1.59 bits per heavy atom. The van der Waals surface area contributed by atoms with Crippen LogP contribution in [0.15, 0.2) is 60.9 Å². The van der Waals surface area contributed by atoms with E-state index in [1.807, 2.05) is 44.7 Å². The number of amides is 5. The topological polar surface area (TPSA) is 186 Å². The fourth-order valence-electron chi connectivity index (χ4n) is 11.4. The zero-order valence-corrected chi connectivity index (χ0v) is 36.6. The zero-order chi connectivity index (χ0) is 45.2. The highest BCUT2D eigenvalue weighted by molar-refractivity contribution is 6.23. The minimum absolute atomic E-state index is 0.00414. The number of fused-ring (bicyclic) bond motifs is 2. The van der Waals surface area contributed by atoms with Crippen LogP contribution in [0.3, 0.4) is 0 Å². The van der Waals surface area contributed by atoms with Crippen LogP contribution in [0.25, 0.3) is 10.9 Å². The summed E-state index contributed by atoms with van der Waals surface area (Å²) < 4.78 is 21.3. The molecule has 4 aliphatic heterocycles. The first-order chi connectivity index (χ1) is 30.6.